The number of carbonyl (C=O) groups is 1. The second kappa shape index (κ2) is 9.53. The molecule has 0 radical (unpaired) electrons. The van der Waals surface area contributed by atoms with Crippen molar-refractivity contribution in [3.05, 3.63) is 95.6 Å². The van der Waals surface area contributed by atoms with Gasteiger partial charge in [0.15, 0.2) is 0 Å². The smallest absolute Gasteiger partial charge is 0.299 e. The molecule has 7 nitrogen and oxygen atoms in total. The Morgan fingerprint density at radius 1 is 0.833 bits per heavy atom. The van der Waals surface area contributed by atoms with Gasteiger partial charge >= 0.3 is 0 Å². The van der Waals surface area contributed by atoms with Crippen LogP contribution in [0.2, 0.25) is 0 Å². The molecule has 3 rings (SSSR count). The highest BCUT2D eigenvalue weighted by atomic mass is 32.2. The van der Waals surface area contributed by atoms with Gasteiger partial charge in [-0.15, -0.1) is 0 Å². The first-order valence-electron chi connectivity index (χ1n) is 9.00. The van der Waals surface area contributed by atoms with E-state index in [1.54, 1.807) is 0 Å². The van der Waals surface area contributed by atoms with E-state index in [4.69, 9.17) is 14.0 Å². The summed E-state index contributed by atoms with van der Waals surface area (Å²) in [4.78, 5) is 12.4. The lowest BCUT2D eigenvalue weighted by Crippen LogP contribution is -2.29. The van der Waals surface area contributed by atoms with Crippen molar-refractivity contribution < 1.29 is 32.3 Å². The van der Waals surface area contributed by atoms with E-state index in [1.807, 2.05) is 60.7 Å². The normalized spacial score (nSPS) is 12.2. The molecule has 0 saturated carbocycles. The number of aliphatic hydroxyl groups is 1. The van der Waals surface area contributed by atoms with Crippen LogP contribution in [-0.4, -0.2) is 29.3 Å². The van der Waals surface area contributed by atoms with Crippen molar-refractivity contribution in [3.63, 3.8) is 0 Å². The molecule has 3 aromatic rings. The zero-order valence-corrected chi connectivity index (χ0v) is 16.7. The molecule has 0 heterocycles. The molecule has 0 aliphatic carbocycles. The molecule has 0 bridgehead atoms. The molecule has 0 aromatic heterocycles. The predicted molar refractivity (Wildman–Crippen MR) is 110 cm³/mol. The van der Waals surface area contributed by atoms with Crippen molar-refractivity contribution in [3.8, 4) is 11.5 Å². The van der Waals surface area contributed by atoms with Gasteiger partial charge in [0.05, 0.1) is 5.56 Å². The summed E-state index contributed by atoms with van der Waals surface area (Å²) in [6.07, 6.45) is 0. The van der Waals surface area contributed by atoms with Crippen LogP contribution in [0.25, 0.3) is 0 Å². The Hall–Kier alpha value is -3.20. The third-order valence-corrected chi connectivity index (χ3v) is 4.99. The van der Waals surface area contributed by atoms with Gasteiger partial charge < -0.3 is 14.6 Å². The molecular formula is C22H20O7S. The van der Waals surface area contributed by atoms with Crippen molar-refractivity contribution in [1.29, 1.82) is 0 Å². The van der Waals surface area contributed by atoms with Crippen molar-refractivity contribution in [2.75, 3.05) is 0 Å². The maximum atomic E-state index is 12.4. The lowest BCUT2D eigenvalue weighted by Gasteiger charge is -2.15. The number of hydrogen-bond acceptors (Lipinski definition) is 6. The number of carbonyl (C=O) groups excluding carboxylic acids is 1. The van der Waals surface area contributed by atoms with Gasteiger partial charge in [-0.2, -0.15) is 8.42 Å². The molecule has 0 aliphatic heterocycles. The Morgan fingerprint density at radius 3 is 1.90 bits per heavy atom. The Kier molecular flexibility index (Phi) is 6.83. The summed E-state index contributed by atoms with van der Waals surface area (Å²) in [6.45, 7) is 0.380. The van der Waals surface area contributed by atoms with Crippen LogP contribution in [0.4, 0.5) is 0 Å². The fourth-order valence-electron chi connectivity index (χ4n) is 2.66. The molecule has 0 spiro atoms. The molecule has 156 valence electrons. The summed E-state index contributed by atoms with van der Waals surface area (Å²) in [5, 5.41) is 9.66. The average Bonchev–Trinajstić information content (AvgIpc) is 2.76. The minimum Gasteiger partial charge on any atom is -0.489 e. The molecular weight excluding hydrogens is 408 g/mol. The lowest BCUT2D eigenvalue weighted by atomic mass is 10.1. The monoisotopic (exact) mass is 428 g/mol. The SMILES string of the molecule is O=C(c1ccc(OCc2ccccc2)cc1OCc1ccccc1)C(O)S(=O)(=O)O. The van der Waals surface area contributed by atoms with Crippen LogP contribution in [-0.2, 0) is 23.3 Å². The van der Waals surface area contributed by atoms with Crippen LogP contribution < -0.4 is 9.47 Å². The highest BCUT2D eigenvalue weighted by Gasteiger charge is 2.31. The highest BCUT2D eigenvalue weighted by molar-refractivity contribution is 7.87. The topological polar surface area (TPSA) is 110 Å². The molecule has 1 atom stereocenters. The number of Topliss-reactive ketones (excluding diaryl/α,β-unsaturated/α-hetero) is 1. The number of benzene rings is 3. The Bertz CT molecular complexity index is 1100. The number of rotatable bonds is 9. The van der Waals surface area contributed by atoms with E-state index < -0.39 is 21.3 Å². The van der Waals surface area contributed by atoms with Gasteiger partial charge in [0, 0.05) is 6.07 Å². The largest absolute Gasteiger partial charge is 0.489 e. The number of hydrogen-bond donors (Lipinski definition) is 2. The fourth-order valence-corrected chi connectivity index (χ4v) is 3.06. The van der Waals surface area contributed by atoms with Gasteiger partial charge in [-0.05, 0) is 23.3 Å². The molecule has 3 aromatic carbocycles. The minimum atomic E-state index is -4.97. The van der Waals surface area contributed by atoms with Crippen LogP contribution in [0, 0.1) is 0 Å². The fraction of sp³-hybridized carbons (Fsp3) is 0.136. The zero-order valence-electron chi connectivity index (χ0n) is 15.8. The molecule has 0 saturated heterocycles. The van der Waals surface area contributed by atoms with Gasteiger partial charge in [0.1, 0.15) is 24.7 Å². The van der Waals surface area contributed by atoms with Crippen molar-refractivity contribution in [2.45, 2.75) is 18.6 Å². The van der Waals surface area contributed by atoms with Gasteiger partial charge in [0.2, 0.25) is 11.2 Å². The lowest BCUT2D eigenvalue weighted by molar-refractivity contribution is 0.0843. The molecule has 0 aliphatic rings. The van der Waals surface area contributed by atoms with E-state index >= 15 is 0 Å². The van der Waals surface area contributed by atoms with E-state index in [0.29, 0.717) is 5.75 Å². The summed E-state index contributed by atoms with van der Waals surface area (Å²) in [5.74, 6) is -0.785. The Labute approximate surface area is 174 Å². The van der Waals surface area contributed by atoms with Crippen molar-refractivity contribution in [1.82, 2.24) is 0 Å². The second-order valence-corrected chi connectivity index (χ2v) is 7.91. The van der Waals surface area contributed by atoms with E-state index in [9.17, 15) is 18.3 Å². The van der Waals surface area contributed by atoms with Gasteiger partial charge in [-0.1, -0.05) is 60.7 Å². The van der Waals surface area contributed by atoms with Crippen LogP contribution >= 0.6 is 0 Å². The van der Waals surface area contributed by atoms with Crippen LogP contribution in [0.5, 0.6) is 11.5 Å². The highest BCUT2D eigenvalue weighted by Crippen LogP contribution is 2.28. The summed E-state index contributed by atoms with van der Waals surface area (Å²) in [5.41, 5.74) is -1.04. The molecule has 0 amide bonds. The minimum absolute atomic E-state index is 0.0251. The van der Waals surface area contributed by atoms with Gasteiger partial charge in [0.25, 0.3) is 10.1 Å². The third-order valence-electron chi connectivity index (χ3n) is 4.21. The van der Waals surface area contributed by atoms with Gasteiger partial charge in [-0.25, -0.2) is 0 Å². The number of aliphatic hydroxyl groups excluding tert-OH is 1. The standard InChI is InChI=1S/C22H20O7S/c23-21(22(24)30(25,26)27)19-12-11-18(28-14-16-7-3-1-4-8-16)13-20(19)29-15-17-9-5-2-6-10-17/h1-13,22,24H,14-15H2,(H,25,26,27). The molecule has 2 N–H and O–H groups in total. The Balaban J connectivity index is 1.85. The average molecular weight is 428 g/mol. The number of ether oxygens (including phenoxy) is 2. The van der Waals surface area contributed by atoms with Crippen LogP contribution in [0.1, 0.15) is 21.5 Å². The van der Waals surface area contributed by atoms with Crippen molar-refractivity contribution >= 4 is 15.9 Å². The first kappa shape index (κ1) is 21.5. The second-order valence-electron chi connectivity index (χ2n) is 6.44. The maximum absolute atomic E-state index is 12.4. The summed E-state index contributed by atoms with van der Waals surface area (Å²) in [7, 11) is -4.97. The zero-order chi connectivity index (χ0) is 21.6. The first-order valence-corrected chi connectivity index (χ1v) is 10.5. The van der Waals surface area contributed by atoms with E-state index in [1.165, 1.54) is 18.2 Å². The van der Waals surface area contributed by atoms with Gasteiger partial charge in [-0.3, -0.25) is 9.35 Å². The third kappa shape index (κ3) is 5.66. The molecule has 30 heavy (non-hydrogen) atoms. The molecule has 1 unspecified atom stereocenters. The maximum Gasteiger partial charge on any atom is 0.299 e. The Morgan fingerprint density at radius 2 is 1.37 bits per heavy atom. The first-order chi connectivity index (χ1) is 14.3. The number of ketones is 1. The van der Waals surface area contributed by atoms with E-state index in [-0.39, 0.29) is 24.5 Å². The predicted octanol–water partition coefficient (Wildman–Crippen LogP) is 3.23. The summed E-state index contributed by atoms with van der Waals surface area (Å²) >= 11 is 0. The van der Waals surface area contributed by atoms with Crippen LogP contribution in [0.15, 0.2) is 78.9 Å². The molecule has 8 heteroatoms. The van der Waals surface area contributed by atoms with Crippen LogP contribution in [0.3, 0.4) is 0 Å². The quantitative estimate of drug-likeness (QED) is 0.398. The van der Waals surface area contributed by atoms with E-state index in [0.717, 1.165) is 11.1 Å². The van der Waals surface area contributed by atoms with Crippen molar-refractivity contribution in [2.24, 2.45) is 0 Å². The molecule has 0 fully saturated rings. The summed E-state index contributed by atoms with van der Waals surface area (Å²) < 4.78 is 42.8. The van der Waals surface area contributed by atoms with E-state index in [2.05, 4.69) is 0 Å². The summed E-state index contributed by atoms with van der Waals surface area (Å²) in [6, 6.07) is 22.8.